The van der Waals surface area contributed by atoms with Crippen molar-refractivity contribution < 1.29 is 5.11 Å². The molecule has 0 aliphatic rings. The van der Waals surface area contributed by atoms with E-state index in [2.05, 4.69) is 79.7 Å². The van der Waals surface area contributed by atoms with Gasteiger partial charge in [0.1, 0.15) is 5.75 Å². The standard InChI is InChI=1S/C26H31OP/c1-15-13-17(3)25(21(7)19(15)5)28(24-11-9-23(27)10-12-24)26-18(4)14-16(2)20(6)22(26)8/h9-14,27H,1-8H3. The van der Waals surface area contributed by atoms with Crippen LogP contribution in [0.2, 0.25) is 0 Å². The van der Waals surface area contributed by atoms with Crippen LogP contribution in [0.25, 0.3) is 0 Å². The van der Waals surface area contributed by atoms with Crippen molar-refractivity contribution in [2.45, 2.75) is 55.4 Å². The number of rotatable bonds is 3. The zero-order chi connectivity index (χ0) is 20.7. The Morgan fingerprint density at radius 2 is 0.929 bits per heavy atom. The Hall–Kier alpha value is -2.11. The van der Waals surface area contributed by atoms with Gasteiger partial charge in [0.25, 0.3) is 0 Å². The second-order valence-corrected chi connectivity index (χ2v) is 10.2. The Morgan fingerprint density at radius 1 is 0.536 bits per heavy atom. The van der Waals surface area contributed by atoms with Crippen molar-refractivity contribution in [2.75, 3.05) is 0 Å². The molecule has 1 nitrogen and oxygen atoms in total. The van der Waals surface area contributed by atoms with Crippen molar-refractivity contribution in [2.24, 2.45) is 0 Å². The van der Waals surface area contributed by atoms with E-state index in [1.165, 1.54) is 60.4 Å². The molecule has 0 bridgehead atoms. The molecule has 0 unspecified atom stereocenters. The smallest absolute Gasteiger partial charge is 0.115 e. The van der Waals surface area contributed by atoms with E-state index in [1.807, 2.05) is 12.1 Å². The molecule has 0 radical (unpaired) electrons. The summed E-state index contributed by atoms with van der Waals surface area (Å²) in [7, 11) is -0.710. The van der Waals surface area contributed by atoms with Gasteiger partial charge in [-0.3, -0.25) is 0 Å². The number of hydrogen-bond acceptors (Lipinski definition) is 1. The molecule has 1 N–H and O–H groups in total. The minimum Gasteiger partial charge on any atom is -0.508 e. The van der Waals surface area contributed by atoms with Crippen LogP contribution in [-0.2, 0) is 0 Å². The lowest BCUT2D eigenvalue weighted by atomic mass is 10.0. The van der Waals surface area contributed by atoms with E-state index < -0.39 is 7.92 Å². The fourth-order valence-corrected chi connectivity index (χ4v) is 7.23. The van der Waals surface area contributed by atoms with E-state index in [1.54, 1.807) is 0 Å². The third-order valence-electron chi connectivity index (χ3n) is 6.19. The molecule has 28 heavy (non-hydrogen) atoms. The zero-order valence-corrected chi connectivity index (χ0v) is 19.3. The highest BCUT2D eigenvalue weighted by molar-refractivity contribution is 7.80. The maximum absolute atomic E-state index is 9.87. The molecular weight excluding hydrogens is 359 g/mol. The maximum Gasteiger partial charge on any atom is 0.115 e. The van der Waals surface area contributed by atoms with Gasteiger partial charge in [0.15, 0.2) is 0 Å². The monoisotopic (exact) mass is 390 g/mol. The largest absolute Gasteiger partial charge is 0.508 e. The van der Waals surface area contributed by atoms with Gasteiger partial charge in [-0.1, -0.05) is 24.3 Å². The Labute approximate surface area is 171 Å². The van der Waals surface area contributed by atoms with Gasteiger partial charge in [-0.25, -0.2) is 0 Å². The predicted octanol–water partition coefficient (Wildman–Crippen LogP) is 5.62. The second kappa shape index (κ2) is 7.72. The summed E-state index contributed by atoms with van der Waals surface area (Å²) in [6, 6.07) is 12.5. The van der Waals surface area contributed by atoms with Crippen LogP contribution in [0.3, 0.4) is 0 Å². The normalized spacial score (nSPS) is 11.3. The third kappa shape index (κ3) is 3.49. The Bertz CT molecular complexity index is 982. The molecule has 0 saturated carbocycles. The lowest BCUT2D eigenvalue weighted by Crippen LogP contribution is -2.29. The SMILES string of the molecule is Cc1cc(C)c(P(c2ccc(O)cc2)c2c(C)cc(C)c(C)c2C)c(C)c1C. The highest BCUT2D eigenvalue weighted by atomic mass is 31.1. The number of phenolic OH excluding ortho intramolecular Hbond substituents is 1. The van der Waals surface area contributed by atoms with Crippen molar-refractivity contribution in [3.63, 3.8) is 0 Å². The first-order chi connectivity index (χ1) is 13.1. The number of aromatic hydroxyl groups is 1. The third-order valence-corrected chi connectivity index (χ3v) is 9.27. The Kier molecular flexibility index (Phi) is 5.69. The maximum atomic E-state index is 9.87. The average Bonchev–Trinajstić information content (AvgIpc) is 2.64. The lowest BCUT2D eigenvalue weighted by molar-refractivity contribution is 0.475. The first-order valence-corrected chi connectivity index (χ1v) is 11.2. The summed E-state index contributed by atoms with van der Waals surface area (Å²) in [6.45, 7) is 17.9. The van der Waals surface area contributed by atoms with E-state index in [0.29, 0.717) is 5.75 Å². The second-order valence-electron chi connectivity index (χ2n) is 8.07. The van der Waals surface area contributed by atoms with Crippen molar-refractivity contribution in [1.82, 2.24) is 0 Å². The topological polar surface area (TPSA) is 20.2 Å². The molecule has 0 heterocycles. The first kappa shape index (κ1) is 20.6. The van der Waals surface area contributed by atoms with E-state index in [4.69, 9.17) is 0 Å². The van der Waals surface area contributed by atoms with Crippen LogP contribution in [0.4, 0.5) is 0 Å². The van der Waals surface area contributed by atoms with E-state index in [-0.39, 0.29) is 0 Å². The molecule has 0 aromatic heterocycles. The molecule has 0 aliphatic heterocycles. The lowest BCUT2D eigenvalue weighted by Gasteiger charge is -2.29. The molecule has 3 aromatic carbocycles. The molecule has 0 spiro atoms. The minimum atomic E-state index is -0.710. The Morgan fingerprint density at radius 3 is 1.32 bits per heavy atom. The fraction of sp³-hybridized carbons (Fsp3) is 0.308. The van der Waals surface area contributed by atoms with Gasteiger partial charge in [0, 0.05) is 0 Å². The van der Waals surface area contributed by atoms with Gasteiger partial charge in [-0.2, -0.15) is 0 Å². The van der Waals surface area contributed by atoms with Crippen LogP contribution in [0.15, 0.2) is 36.4 Å². The number of phenols is 1. The quantitative estimate of drug-likeness (QED) is 0.576. The zero-order valence-electron chi connectivity index (χ0n) is 18.4. The first-order valence-electron chi connectivity index (χ1n) is 9.87. The number of hydrogen-bond donors (Lipinski definition) is 1. The molecule has 2 heteroatoms. The summed E-state index contributed by atoms with van der Waals surface area (Å²) >= 11 is 0. The van der Waals surface area contributed by atoms with E-state index in [9.17, 15) is 5.11 Å². The van der Waals surface area contributed by atoms with Gasteiger partial charge in [-0.15, -0.1) is 0 Å². The summed E-state index contributed by atoms with van der Waals surface area (Å²) in [5, 5.41) is 14.1. The molecule has 146 valence electrons. The Balaban J connectivity index is 2.42. The summed E-state index contributed by atoms with van der Waals surface area (Å²) in [5.41, 5.74) is 11.0. The predicted molar refractivity (Wildman–Crippen MR) is 125 cm³/mol. The summed E-state index contributed by atoms with van der Waals surface area (Å²) in [5.74, 6) is 0.320. The highest BCUT2D eigenvalue weighted by Gasteiger charge is 2.26. The van der Waals surface area contributed by atoms with Crippen LogP contribution in [0.1, 0.15) is 44.5 Å². The van der Waals surface area contributed by atoms with Crippen LogP contribution < -0.4 is 15.9 Å². The highest BCUT2D eigenvalue weighted by Crippen LogP contribution is 2.40. The average molecular weight is 391 g/mol. The van der Waals surface area contributed by atoms with Gasteiger partial charge in [0.05, 0.1) is 0 Å². The van der Waals surface area contributed by atoms with E-state index >= 15 is 0 Å². The van der Waals surface area contributed by atoms with Crippen LogP contribution in [-0.4, -0.2) is 5.11 Å². The van der Waals surface area contributed by atoms with Crippen molar-refractivity contribution in [3.8, 4) is 5.75 Å². The minimum absolute atomic E-state index is 0.320. The van der Waals surface area contributed by atoms with Crippen molar-refractivity contribution >= 4 is 23.8 Å². The molecule has 0 atom stereocenters. The molecule has 3 aromatic rings. The molecule has 0 saturated heterocycles. The molecular formula is C26H31OP. The number of aryl methyl sites for hydroxylation is 4. The van der Waals surface area contributed by atoms with Crippen molar-refractivity contribution in [3.05, 3.63) is 80.9 Å². The molecule has 3 rings (SSSR count). The molecule has 0 amide bonds. The number of benzene rings is 3. The summed E-state index contributed by atoms with van der Waals surface area (Å²) in [4.78, 5) is 0. The van der Waals surface area contributed by atoms with Crippen LogP contribution >= 0.6 is 7.92 Å². The molecule has 0 aliphatic carbocycles. The van der Waals surface area contributed by atoms with Gasteiger partial charge >= 0.3 is 0 Å². The molecule has 0 fully saturated rings. The summed E-state index contributed by atoms with van der Waals surface area (Å²) in [6.07, 6.45) is 0. The van der Waals surface area contributed by atoms with Gasteiger partial charge in [0.2, 0.25) is 0 Å². The van der Waals surface area contributed by atoms with Gasteiger partial charge < -0.3 is 5.11 Å². The van der Waals surface area contributed by atoms with Crippen molar-refractivity contribution in [1.29, 1.82) is 0 Å². The van der Waals surface area contributed by atoms with Gasteiger partial charge in [-0.05, 0) is 136 Å². The summed E-state index contributed by atoms with van der Waals surface area (Å²) < 4.78 is 0. The van der Waals surface area contributed by atoms with Crippen LogP contribution in [0, 0.1) is 55.4 Å². The van der Waals surface area contributed by atoms with E-state index in [0.717, 1.165) is 0 Å². The fourth-order valence-electron chi connectivity index (χ4n) is 4.20. The van der Waals surface area contributed by atoms with Crippen LogP contribution in [0.5, 0.6) is 5.75 Å².